The lowest BCUT2D eigenvalue weighted by molar-refractivity contribution is -0.164. The van der Waals surface area contributed by atoms with Crippen molar-refractivity contribution in [2.75, 3.05) is 30.4 Å². The van der Waals surface area contributed by atoms with E-state index in [9.17, 15) is 27.5 Å². The molecule has 2 aromatic heterocycles. The first-order valence-corrected chi connectivity index (χ1v) is 14.6. The fourth-order valence-corrected chi connectivity index (χ4v) is 6.70. The van der Waals surface area contributed by atoms with Crippen LogP contribution in [0.3, 0.4) is 0 Å². The molecule has 2 fully saturated rings. The summed E-state index contributed by atoms with van der Waals surface area (Å²) in [4.78, 5) is 28.7. The molecule has 9 nitrogen and oxygen atoms in total. The second-order valence-corrected chi connectivity index (χ2v) is 12.0. The average Bonchev–Trinajstić information content (AvgIpc) is 3.51. The minimum Gasteiger partial charge on any atom is -0.479 e. The van der Waals surface area contributed by atoms with E-state index in [1.54, 1.807) is 4.90 Å². The molecule has 1 aromatic carbocycles. The monoisotopic (exact) mass is 626 g/mol. The van der Waals surface area contributed by atoms with E-state index in [0.717, 1.165) is 42.6 Å². The third-order valence-electron chi connectivity index (χ3n) is 8.30. The fraction of sp³-hybridized carbons (Fsp3) is 0.500. The van der Waals surface area contributed by atoms with Crippen molar-refractivity contribution in [1.29, 1.82) is 0 Å². The Balaban J connectivity index is 1.47. The Hall–Kier alpha value is -3.43. The molecule has 3 aromatic rings. The van der Waals surface area contributed by atoms with E-state index in [1.165, 1.54) is 7.11 Å². The van der Waals surface area contributed by atoms with Gasteiger partial charge in [-0.1, -0.05) is 11.3 Å². The summed E-state index contributed by atoms with van der Waals surface area (Å²) in [6, 6.07) is 2.75. The lowest BCUT2D eigenvalue weighted by Gasteiger charge is -2.38. The van der Waals surface area contributed by atoms with Crippen LogP contribution in [0.15, 0.2) is 24.5 Å². The molecule has 2 atom stereocenters. The number of likely N-dealkylation sites (tertiary alicyclic amines) is 1. The number of carboxylic acid groups (broad SMARTS) is 1. The second-order valence-electron chi connectivity index (χ2n) is 10.9. The number of hydrogen-bond donors (Lipinski definition) is 2. The predicted molar refractivity (Wildman–Crippen MR) is 150 cm³/mol. The van der Waals surface area contributed by atoms with E-state index in [1.807, 2.05) is 0 Å². The lowest BCUT2D eigenvalue weighted by atomic mass is 9.91. The normalized spacial score (nSPS) is 20.9. The number of aromatic nitrogens is 3. The number of halogens is 5. The molecule has 232 valence electrons. The maximum Gasteiger partial charge on any atom is 0.416 e. The van der Waals surface area contributed by atoms with E-state index in [4.69, 9.17) is 4.74 Å². The zero-order chi connectivity index (χ0) is 31.1. The molecule has 2 N–H and O–H groups in total. The van der Waals surface area contributed by atoms with Crippen molar-refractivity contribution in [2.24, 2.45) is 0 Å². The number of anilines is 3. The highest BCUT2D eigenvalue weighted by molar-refractivity contribution is 7.16. The molecule has 2 aliphatic heterocycles. The molecule has 5 rings (SSSR count). The van der Waals surface area contributed by atoms with Gasteiger partial charge in [0.15, 0.2) is 22.4 Å². The summed E-state index contributed by atoms with van der Waals surface area (Å²) in [5.41, 5.74) is -2.36. The zero-order valence-electron chi connectivity index (χ0n) is 23.7. The van der Waals surface area contributed by atoms with Crippen molar-refractivity contribution in [3.8, 4) is 11.3 Å². The highest BCUT2D eigenvalue weighted by Crippen LogP contribution is 2.40. The minimum atomic E-state index is -4.76. The number of nitrogens with one attached hydrogen (secondary N) is 1. The van der Waals surface area contributed by atoms with Crippen LogP contribution in [0.1, 0.15) is 50.0 Å². The molecule has 0 saturated carbocycles. The summed E-state index contributed by atoms with van der Waals surface area (Å²) in [5, 5.41) is 12.6. The van der Waals surface area contributed by atoms with E-state index in [2.05, 4.69) is 39.0 Å². The van der Waals surface area contributed by atoms with Crippen LogP contribution in [0.25, 0.3) is 11.3 Å². The Bertz CT molecular complexity index is 1480. The first-order valence-electron chi connectivity index (χ1n) is 13.8. The summed E-state index contributed by atoms with van der Waals surface area (Å²) in [6.45, 7) is 4.85. The van der Waals surface area contributed by atoms with E-state index >= 15 is 4.39 Å². The van der Waals surface area contributed by atoms with Crippen molar-refractivity contribution < 1.29 is 36.6 Å². The molecule has 0 spiro atoms. The Morgan fingerprint density at radius 1 is 1.14 bits per heavy atom. The van der Waals surface area contributed by atoms with E-state index in [0.29, 0.717) is 17.5 Å². The van der Waals surface area contributed by atoms with Gasteiger partial charge in [0.1, 0.15) is 12.1 Å². The number of benzene rings is 1. The first kappa shape index (κ1) is 31.0. The highest BCUT2D eigenvalue weighted by Gasteiger charge is 2.42. The Labute approximate surface area is 248 Å². The molecule has 2 saturated heterocycles. The van der Waals surface area contributed by atoms with Crippen molar-refractivity contribution in [3.63, 3.8) is 0 Å². The third kappa shape index (κ3) is 6.29. The number of thiazole rings is 1. The molecular weight excluding hydrogens is 595 g/mol. The first-order chi connectivity index (χ1) is 20.3. The zero-order valence-corrected chi connectivity index (χ0v) is 24.5. The number of alkyl halides is 3. The summed E-state index contributed by atoms with van der Waals surface area (Å²) < 4.78 is 75.9. The summed E-state index contributed by atoms with van der Waals surface area (Å²) in [6.07, 6.45) is -1.45. The van der Waals surface area contributed by atoms with E-state index < -0.39 is 34.9 Å². The summed E-state index contributed by atoms with van der Waals surface area (Å²) in [7, 11) is 1.33. The molecule has 0 amide bonds. The number of methoxy groups -OCH3 is 1. The van der Waals surface area contributed by atoms with Gasteiger partial charge in [0, 0.05) is 62.1 Å². The van der Waals surface area contributed by atoms with Gasteiger partial charge in [0.05, 0.1) is 11.3 Å². The fourth-order valence-electron chi connectivity index (χ4n) is 5.71. The number of aliphatic carboxylic acids is 1. The lowest BCUT2D eigenvalue weighted by Crippen LogP contribution is -2.51. The van der Waals surface area contributed by atoms with Crippen molar-refractivity contribution in [3.05, 3.63) is 46.6 Å². The van der Waals surface area contributed by atoms with Gasteiger partial charge in [0.25, 0.3) is 0 Å². The van der Waals surface area contributed by atoms with Gasteiger partial charge in [-0.3, -0.25) is 4.90 Å². The quantitative estimate of drug-likeness (QED) is 0.288. The topological polar surface area (TPSA) is 104 Å². The molecule has 0 aliphatic carbocycles. The molecular formula is C28H31F5N6O3S. The number of ether oxygens (including phenoxy) is 1. The van der Waals surface area contributed by atoms with Gasteiger partial charge in [-0.05, 0) is 44.9 Å². The Morgan fingerprint density at radius 2 is 1.81 bits per heavy atom. The molecule has 0 unspecified atom stereocenters. The Morgan fingerprint density at radius 3 is 2.42 bits per heavy atom. The van der Waals surface area contributed by atoms with Gasteiger partial charge in [-0.25, -0.2) is 24.1 Å². The second kappa shape index (κ2) is 11.9. The number of carbonyl (C=O) groups is 1. The van der Waals surface area contributed by atoms with Crippen LogP contribution in [0, 0.1) is 11.6 Å². The number of hydrogen-bond acceptors (Lipinski definition) is 9. The van der Waals surface area contributed by atoms with Crippen LogP contribution >= 0.6 is 11.3 Å². The molecule has 43 heavy (non-hydrogen) atoms. The number of rotatable bonds is 8. The molecule has 0 radical (unpaired) electrons. The van der Waals surface area contributed by atoms with Crippen LogP contribution in [-0.2, 0) is 22.3 Å². The van der Waals surface area contributed by atoms with Crippen LogP contribution < -0.4 is 10.2 Å². The Kier molecular flexibility index (Phi) is 8.60. The largest absolute Gasteiger partial charge is 0.479 e. The van der Waals surface area contributed by atoms with Crippen LogP contribution in [0.4, 0.5) is 38.7 Å². The number of carboxylic acids is 1. The average molecular weight is 627 g/mol. The van der Waals surface area contributed by atoms with Gasteiger partial charge >= 0.3 is 12.1 Å². The number of piperidine rings is 1. The smallest absolute Gasteiger partial charge is 0.416 e. The van der Waals surface area contributed by atoms with Gasteiger partial charge in [-0.2, -0.15) is 17.6 Å². The summed E-state index contributed by atoms with van der Waals surface area (Å²) >= 11 is 1.13. The van der Waals surface area contributed by atoms with Crippen LogP contribution in [0.2, 0.25) is 0 Å². The maximum absolute atomic E-state index is 15.7. The molecule has 4 heterocycles. The number of nitrogens with zero attached hydrogens (tertiary/aromatic N) is 5. The summed E-state index contributed by atoms with van der Waals surface area (Å²) in [5.74, 6) is -3.18. The van der Waals surface area contributed by atoms with Gasteiger partial charge in [0.2, 0.25) is 5.82 Å². The van der Waals surface area contributed by atoms with Gasteiger partial charge < -0.3 is 20.1 Å². The molecule has 0 bridgehead atoms. The molecule has 15 heteroatoms. The minimum absolute atomic E-state index is 0.0377. The van der Waals surface area contributed by atoms with Crippen molar-refractivity contribution in [2.45, 2.75) is 69.9 Å². The standard InChI is InChI=1S/C28H31F5N6O3S/c1-15-4-5-16(2)39(15)13-20-22(17-10-18(28(31,32)33)12-19(29)11-17)36-26(43-20)37-23-21(30)24(35-14-34-23)38-8-6-27(42-3,7-9-38)25(40)41/h10-12,14-16H,4-9,13H2,1-3H3,(H,40,41)(H,34,35,36,37)/t15-,16-/m1/s1. The van der Waals surface area contributed by atoms with Gasteiger partial charge in [-0.15, -0.1) is 0 Å². The van der Waals surface area contributed by atoms with Crippen molar-refractivity contribution >= 4 is 34.1 Å². The van der Waals surface area contributed by atoms with Crippen molar-refractivity contribution in [1.82, 2.24) is 19.9 Å². The van der Waals surface area contributed by atoms with E-state index in [-0.39, 0.29) is 66.0 Å². The predicted octanol–water partition coefficient (Wildman–Crippen LogP) is 6.08. The maximum atomic E-state index is 15.7. The third-order valence-corrected chi connectivity index (χ3v) is 9.26. The van der Waals surface area contributed by atoms with Crippen LogP contribution in [-0.4, -0.2) is 68.8 Å². The molecule has 2 aliphatic rings. The highest BCUT2D eigenvalue weighted by atomic mass is 32.1. The SMILES string of the molecule is COC1(C(=O)O)CCN(c2ncnc(Nc3nc(-c4cc(F)cc(C(F)(F)F)c4)c(CN4[C@H](C)CC[C@H]4C)s3)c2F)CC1. The van der Waals surface area contributed by atoms with Crippen LogP contribution in [0.5, 0.6) is 0 Å².